The number of pyridine rings is 1. The molecule has 5 nitrogen and oxygen atoms in total. The van der Waals surface area contributed by atoms with Crippen LogP contribution in [0.2, 0.25) is 0 Å². The maximum atomic E-state index is 12.6. The van der Waals surface area contributed by atoms with Crippen molar-refractivity contribution in [3.8, 4) is 0 Å². The van der Waals surface area contributed by atoms with Crippen LogP contribution in [0.3, 0.4) is 0 Å². The first-order valence-electron chi connectivity index (χ1n) is 9.64. The molecule has 1 aliphatic heterocycles. The molecule has 0 unspecified atom stereocenters. The number of carbonyl (C=O) groups excluding carboxylic acids is 1. The molecule has 0 aromatic carbocycles. The highest BCUT2D eigenvalue weighted by atomic mass is 16.6. The number of amides is 1. The van der Waals surface area contributed by atoms with Gasteiger partial charge in [0.2, 0.25) is 0 Å². The molecule has 0 radical (unpaired) electrons. The Morgan fingerprint density at radius 2 is 1.88 bits per heavy atom. The van der Waals surface area contributed by atoms with Gasteiger partial charge in [-0.1, -0.05) is 18.9 Å². The number of hydrogen-bond acceptors (Lipinski definition) is 4. The predicted octanol–water partition coefficient (Wildman–Crippen LogP) is 4.90. The van der Waals surface area contributed by atoms with Gasteiger partial charge in [-0.05, 0) is 64.5 Å². The first-order valence-corrected chi connectivity index (χ1v) is 9.64. The Labute approximate surface area is 151 Å². The van der Waals surface area contributed by atoms with E-state index in [1.54, 1.807) is 0 Å². The maximum Gasteiger partial charge on any atom is 0.410 e. The van der Waals surface area contributed by atoms with Crippen LogP contribution in [0.15, 0.2) is 18.3 Å². The molecule has 1 atom stereocenters. The molecule has 1 saturated carbocycles. The van der Waals surface area contributed by atoms with Crippen LogP contribution in [-0.2, 0) is 4.74 Å². The van der Waals surface area contributed by atoms with Gasteiger partial charge in [0.05, 0.1) is 6.04 Å². The Bertz CT molecular complexity index is 574. The van der Waals surface area contributed by atoms with E-state index in [2.05, 4.69) is 22.4 Å². The first kappa shape index (κ1) is 18.0. The van der Waals surface area contributed by atoms with Crippen LogP contribution in [0.4, 0.5) is 10.6 Å². The summed E-state index contributed by atoms with van der Waals surface area (Å²) in [7, 11) is 0. The summed E-state index contributed by atoms with van der Waals surface area (Å²) in [6.07, 6.45) is 9.92. The van der Waals surface area contributed by atoms with Crippen LogP contribution in [0.25, 0.3) is 0 Å². The van der Waals surface area contributed by atoms with Crippen molar-refractivity contribution in [2.75, 3.05) is 11.9 Å². The molecule has 1 aromatic rings. The van der Waals surface area contributed by atoms with Crippen LogP contribution in [0.1, 0.15) is 77.3 Å². The number of nitrogens with one attached hydrogen (secondary N) is 1. The second-order valence-electron chi connectivity index (χ2n) is 8.29. The summed E-state index contributed by atoms with van der Waals surface area (Å²) in [6.45, 7) is 6.49. The van der Waals surface area contributed by atoms with Crippen LogP contribution >= 0.6 is 0 Å². The van der Waals surface area contributed by atoms with Crippen molar-refractivity contribution in [3.05, 3.63) is 23.9 Å². The Kier molecular flexibility index (Phi) is 5.50. The minimum absolute atomic E-state index is 0.0663. The van der Waals surface area contributed by atoms with Gasteiger partial charge < -0.3 is 15.0 Å². The summed E-state index contributed by atoms with van der Waals surface area (Å²) in [4.78, 5) is 19.0. The fraction of sp³-hybridized carbons (Fsp3) is 0.700. The van der Waals surface area contributed by atoms with Gasteiger partial charge in [0, 0.05) is 18.8 Å². The highest BCUT2D eigenvalue weighted by Gasteiger charge is 2.31. The van der Waals surface area contributed by atoms with Crippen molar-refractivity contribution in [1.29, 1.82) is 0 Å². The maximum absolute atomic E-state index is 12.6. The fourth-order valence-electron chi connectivity index (χ4n) is 3.78. The van der Waals surface area contributed by atoms with Gasteiger partial charge in [-0.25, -0.2) is 9.78 Å². The van der Waals surface area contributed by atoms with E-state index in [4.69, 9.17) is 4.74 Å². The van der Waals surface area contributed by atoms with Gasteiger partial charge in [0.1, 0.15) is 11.4 Å². The van der Waals surface area contributed by atoms with Gasteiger partial charge in [0.25, 0.3) is 0 Å². The Balaban J connectivity index is 1.68. The molecule has 3 rings (SSSR count). The van der Waals surface area contributed by atoms with Crippen molar-refractivity contribution >= 4 is 11.9 Å². The van der Waals surface area contributed by atoms with Crippen molar-refractivity contribution in [3.63, 3.8) is 0 Å². The minimum Gasteiger partial charge on any atom is -0.444 e. The lowest BCUT2D eigenvalue weighted by Crippen LogP contribution is -2.41. The highest BCUT2D eigenvalue weighted by Crippen LogP contribution is 2.32. The van der Waals surface area contributed by atoms with Gasteiger partial charge in [-0.2, -0.15) is 0 Å². The van der Waals surface area contributed by atoms with E-state index in [0.717, 1.165) is 37.2 Å². The molecule has 25 heavy (non-hydrogen) atoms. The second kappa shape index (κ2) is 7.63. The van der Waals surface area contributed by atoms with Crippen LogP contribution in [0, 0.1) is 0 Å². The third-order valence-electron chi connectivity index (χ3n) is 5.01. The number of rotatable bonds is 3. The number of hydrogen-bond donors (Lipinski definition) is 1. The van der Waals surface area contributed by atoms with Crippen molar-refractivity contribution < 1.29 is 9.53 Å². The minimum atomic E-state index is -0.466. The van der Waals surface area contributed by atoms with Crippen LogP contribution < -0.4 is 5.32 Å². The lowest BCUT2D eigenvalue weighted by atomic mass is 9.97. The summed E-state index contributed by atoms with van der Waals surface area (Å²) in [5.41, 5.74) is 0.634. The molecule has 1 aliphatic carbocycles. The van der Waals surface area contributed by atoms with E-state index in [0.29, 0.717) is 6.04 Å². The van der Waals surface area contributed by atoms with E-state index < -0.39 is 5.60 Å². The fourth-order valence-corrected chi connectivity index (χ4v) is 3.78. The van der Waals surface area contributed by atoms with Crippen LogP contribution in [0.5, 0.6) is 0 Å². The normalized spacial score (nSPS) is 22.0. The largest absolute Gasteiger partial charge is 0.444 e. The molecule has 1 amide bonds. The summed E-state index contributed by atoms with van der Waals surface area (Å²) < 4.78 is 5.60. The molecule has 2 aliphatic rings. The lowest BCUT2D eigenvalue weighted by molar-refractivity contribution is 0.00948. The summed E-state index contributed by atoms with van der Waals surface area (Å²) >= 11 is 0. The zero-order chi connectivity index (χ0) is 17.9. The van der Waals surface area contributed by atoms with E-state index >= 15 is 0 Å². The third-order valence-corrected chi connectivity index (χ3v) is 5.01. The molecule has 2 heterocycles. The first-order chi connectivity index (χ1) is 11.9. The predicted molar refractivity (Wildman–Crippen MR) is 99.6 cm³/mol. The lowest BCUT2D eigenvalue weighted by Gasteiger charge is -2.37. The van der Waals surface area contributed by atoms with E-state index in [-0.39, 0.29) is 12.1 Å². The Hall–Kier alpha value is -1.78. The zero-order valence-electron chi connectivity index (χ0n) is 15.8. The van der Waals surface area contributed by atoms with Crippen molar-refractivity contribution in [1.82, 2.24) is 9.88 Å². The number of ether oxygens (including phenoxy) is 1. The average molecular weight is 345 g/mol. The number of nitrogens with zero attached hydrogens (tertiary/aromatic N) is 2. The molecule has 1 N–H and O–H groups in total. The topological polar surface area (TPSA) is 54.5 Å². The molecule has 0 spiro atoms. The van der Waals surface area contributed by atoms with Crippen molar-refractivity contribution in [2.45, 2.75) is 83.4 Å². The number of piperidine rings is 1. The zero-order valence-corrected chi connectivity index (χ0v) is 15.8. The second-order valence-corrected chi connectivity index (χ2v) is 8.29. The monoisotopic (exact) mass is 345 g/mol. The molecule has 1 saturated heterocycles. The highest BCUT2D eigenvalue weighted by molar-refractivity contribution is 5.69. The van der Waals surface area contributed by atoms with Crippen molar-refractivity contribution in [2.24, 2.45) is 0 Å². The molecule has 5 heteroatoms. The van der Waals surface area contributed by atoms with Crippen LogP contribution in [-0.4, -0.2) is 34.2 Å². The Morgan fingerprint density at radius 3 is 2.52 bits per heavy atom. The SMILES string of the molecule is CC(C)(C)OC(=O)N1CCCC[C@H]1c1ccc(NC2CCCC2)nc1. The molecule has 0 bridgehead atoms. The van der Waals surface area contributed by atoms with Gasteiger partial charge >= 0.3 is 6.09 Å². The van der Waals surface area contributed by atoms with Gasteiger partial charge in [0.15, 0.2) is 0 Å². The third kappa shape index (κ3) is 4.86. The quantitative estimate of drug-likeness (QED) is 0.846. The molecule has 2 fully saturated rings. The molecule has 138 valence electrons. The smallest absolute Gasteiger partial charge is 0.410 e. The van der Waals surface area contributed by atoms with E-state index in [9.17, 15) is 4.79 Å². The summed E-state index contributed by atoms with van der Waals surface area (Å²) in [6, 6.07) is 4.79. The van der Waals surface area contributed by atoms with E-state index in [1.807, 2.05) is 31.9 Å². The number of anilines is 1. The summed E-state index contributed by atoms with van der Waals surface area (Å²) in [5.74, 6) is 0.940. The Morgan fingerprint density at radius 1 is 1.16 bits per heavy atom. The summed E-state index contributed by atoms with van der Waals surface area (Å²) in [5, 5.41) is 3.52. The number of likely N-dealkylation sites (tertiary alicyclic amines) is 1. The number of aromatic nitrogens is 1. The standard InChI is InChI=1S/C20H31N3O2/c1-20(2,3)25-19(24)23-13-7-6-10-17(23)15-11-12-18(21-14-15)22-16-8-4-5-9-16/h11-12,14,16-17H,4-10,13H2,1-3H3,(H,21,22)/t17-/m0/s1. The number of carbonyl (C=O) groups is 1. The molecular formula is C20H31N3O2. The van der Waals surface area contributed by atoms with Gasteiger partial charge in [-0.3, -0.25) is 0 Å². The van der Waals surface area contributed by atoms with E-state index in [1.165, 1.54) is 25.7 Å². The average Bonchev–Trinajstić information content (AvgIpc) is 3.07. The van der Waals surface area contributed by atoms with Gasteiger partial charge in [-0.15, -0.1) is 0 Å². The molecular weight excluding hydrogens is 314 g/mol. The molecule has 1 aromatic heterocycles.